The van der Waals surface area contributed by atoms with Crippen LogP contribution in [-0.4, -0.2) is 19.6 Å². The number of carbonyl (C=O) groups is 1. The molecule has 1 fully saturated rings. The third kappa shape index (κ3) is 2.86. The summed E-state index contributed by atoms with van der Waals surface area (Å²) in [5.41, 5.74) is 1.87. The molecule has 3 heteroatoms. The van der Waals surface area contributed by atoms with Crippen molar-refractivity contribution in [2.24, 2.45) is 5.92 Å². The minimum Gasteiger partial charge on any atom is -0.465 e. The Morgan fingerprint density at radius 1 is 1.29 bits per heavy atom. The maximum atomic E-state index is 11.3. The second kappa shape index (κ2) is 5.32. The van der Waals surface area contributed by atoms with Crippen LogP contribution in [-0.2, 0) is 4.74 Å². The number of hydrogen-bond acceptors (Lipinski definition) is 3. The number of methoxy groups -OCH3 is 1. The summed E-state index contributed by atoms with van der Waals surface area (Å²) < 4.78 is 4.68. The van der Waals surface area contributed by atoms with Gasteiger partial charge in [-0.3, -0.25) is 0 Å². The summed E-state index contributed by atoms with van der Waals surface area (Å²) in [6.45, 7) is 3.34. The fraction of sp³-hybridized carbons (Fsp3) is 0.500. The molecular weight excluding hydrogens is 214 g/mol. The average Bonchev–Trinajstić information content (AvgIpc) is 2.39. The number of benzene rings is 1. The van der Waals surface area contributed by atoms with Crippen LogP contribution in [0.2, 0.25) is 0 Å². The van der Waals surface area contributed by atoms with E-state index in [2.05, 4.69) is 17.0 Å². The predicted molar refractivity (Wildman–Crippen MR) is 66.9 cm³/mol. The van der Waals surface area contributed by atoms with E-state index in [1.807, 2.05) is 24.3 Å². The van der Waals surface area contributed by atoms with Crippen molar-refractivity contribution in [1.82, 2.24) is 5.32 Å². The Kier molecular flexibility index (Phi) is 3.79. The summed E-state index contributed by atoms with van der Waals surface area (Å²) in [6, 6.07) is 8.12. The summed E-state index contributed by atoms with van der Waals surface area (Å²) in [6.07, 6.45) is 2.43. The minimum absolute atomic E-state index is 0.276. The van der Waals surface area contributed by atoms with Gasteiger partial charge < -0.3 is 10.1 Å². The van der Waals surface area contributed by atoms with Crippen LogP contribution in [0.15, 0.2) is 24.3 Å². The number of rotatable bonds is 2. The van der Waals surface area contributed by atoms with Gasteiger partial charge in [0.15, 0.2) is 0 Å². The molecule has 1 aromatic carbocycles. The average molecular weight is 233 g/mol. The highest BCUT2D eigenvalue weighted by Crippen LogP contribution is 2.25. The molecule has 0 spiro atoms. The topological polar surface area (TPSA) is 38.3 Å². The van der Waals surface area contributed by atoms with E-state index in [1.54, 1.807) is 0 Å². The molecule has 0 bridgehead atoms. The van der Waals surface area contributed by atoms with Crippen molar-refractivity contribution in [2.75, 3.05) is 13.7 Å². The number of ether oxygens (including phenoxy) is 1. The third-order valence-corrected chi connectivity index (χ3v) is 3.40. The Balaban J connectivity index is 2.05. The van der Waals surface area contributed by atoms with Gasteiger partial charge in [0.1, 0.15) is 0 Å². The molecule has 0 radical (unpaired) electrons. The maximum Gasteiger partial charge on any atom is 0.337 e. The zero-order valence-corrected chi connectivity index (χ0v) is 10.4. The summed E-state index contributed by atoms with van der Waals surface area (Å²) in [7, 11) is 1.40. The highest BCUT2D eigenvalue weighted by Gasteiger charge is 2.18. The molecule has 1 saturated heterocycles. The van der Waals surface area contributed by atoms with Crippen molar-refractivity contribution < 1.29 is 9.53 Å². The first kappa shape index (κ1) is 12.1. The van der Waals surface area contributed by atoms with Crippen molar-refractivity contribution in [3.8, 4) is 0 Å². The van der Waals surface area contributed by atoms with E-state index in [9.17, 15) is 4.79 Å². The molecule has 2 atom stereocenters. The normalized spacial score (nSPS) is 24.4. The molecule has 0 aromatic heterocycles. The lowest BCUT2D eigenvalue weighted by Gasteiger charge is -2.28. The monoisotopic (exact) mass is 233 g/mol. The van der Waals surface area contributed by atoms with Gasteiger partial charge >= 0.3 is 5.97 Å². The second-order valence-electron chi connectivity index (χ2n) is 4.76. The first-order valence-corrected chi connectivity index (χ1v) is 6.12. The Morgan fingerprint density at radius 3 is 2.53 bits per heavy atom. The van der Waals surface area contributed by atoms with Crippen molar-refractivity contribution in [3.05, 3.63) is 35.4 Å². The fourth-order valence-corrected chi connectivity index (χ4v) is 2.25. The van der Waals surface area contributed by atoms with Crippen LogP contribution in [0.25, 0.3) is 0 Å². The largest absolute Gasteiger partial charge is 0.465 e. The zero-order valence-electron chi connectivity index (χ0n) is 10.4. The summed E-state index contributed by atoms with van der Waals surface area (Å²) >= 11 is 0. The van der Waals surface area contributed by atoms with Gasteiger partial charge in [0.25, 0.3) is 0 Å². The quantitative estimate of drug-likeness (QED) is 0.798. The summed E-state index contributed by atoms with van der Waals surface area (Å²) in [4.78, 5) is 11.3. The van der Waals surface area contributed by atoms with Gasteiger partial charge in [-0.1, -0.05) is 19.1 Å². The third-order valence-electron chi connectivity index (χ3n) is 3.40. The van der Waals surface area contributed by atoms with E-state index in [-0.39, 0.29) is 5.97 Å². The molecule has 1 heterocycles. The molecule has 2 rings (SSSR count). The zero-order chi connectivity index (χ0) is 12.3. The molecule has 92 valence electrons. The van der Waals surface area contributed by atoms with Crippen molar-refractivity contribution >= 4 is 5.97 Å². The van der Waals surface area contributed by atoms with Gasteiger partial charge in [-0.2, -0.15) is 0 Å². The highest BCUT2D eigenvalue weighted by molar-refractivity contribution is 5.89. The molecule has 1 aliphatic rings. The fourth-order valence-electron chi connectivity index (χ4n) is 2.25. The van der Waals surface area contributed by atoms with E-state index in [1.165, 1.54) is 25.5 Å². The molecule has 2 unspecified atom stereocenters. The van der Waals surface area contributed by atoms with E-state index < -0.39 is 0 Å². The van der Waals surface area contributed by atoms with Crippen molar-refractivity contribution in [1.29, 1.82) is 0 Å². The standard InChI is InChI=1S/C14H19NO2/c1-10-3-8-13(15-9-10)11-4-6-12(7-5-11)14(16)17-2/h4-7,10,13,15H,3,8-9H2,1-2H3. The maximum absolute atomic E-state index is 11.3. The number of carbonyl (C=O) groups excluding carboxylic acids is 1. The van der Waals surface area contributed by atoms with E-state index >= 15 is 0 Å². The Labute approximate surface area is 102 Å². The first-order chi connectivity index (χ1) is 8.20. The SMILES string of the molecule is COC(=O)c1ccc(C2CCC(C)CN2)cc1. The van der Waals surface area contributed by atoms with Crippen LogP contribution in [0.1, 0.15) is 41.7 Å². The summed E-state index contributed by atoms with van der Waals surface area (Å²) in [5.74, 6) is 0.488. The predicted octanol–water partition coefficient (Wildman–Crippen LogP) is 2.53. The van der Waals surface area contributed by atoms with Gasteiger partial charge in [0, 0.05) is 6.04 Å². The van der Waals surface area contributed by atoms with Gasteiger partial charge in [-0.25, -0.2) is 4.79 Å². The molecule has 0 aliphatic carbocycles. The molecular formula is C14H19NO2. The number of piperidine rings is 1. The molecule has 0 amide bonds. The lowest BCUT2D eigenvalue weighted by atomic mass is 9.92. The van der Waals surface area contributed by atoms with Gasteiger partial charge in [-0.05, 0) is 43.0 Å². The highest BCUT2D eigenvalue weighted by atomic mass is 16.5. The van der Waals surface area contributed by atoms with Gasteiger partial charge in [0.05, 0.1) is 12.7 Å². The van der Waals surface area contributed by atoms with Crippen LogP contribution >= 0.6 is 0 Å². The molecule has 1 aromatic rings. The molecule has 17 heavy (non-hydrogen) atoms. The second-order valence-corrected chi connectivity index (χ2v) is 4.76. The smallest absolute Gasteiger partial charge is 0.337 e. The molecule has 1 aliphatic heterocycles. The van der Waals surface area contributed by atoms with E-state index in [4.69, 9.17) is 0 Å². The Hall–Kier alpha value is -1.35. The lowest BCUT2D eigenvalue weighted by molar-refractivity contribution is 0.0600. The number of hydrogen-bond donors (Lipinski definition) is 1. The van der Waals surface area contributed by atoms with Gasteiger partial charge in [0.2, 0.25) is 0 Å². The number of esters is 1. The number of nitrogens with one attached hydrogen (secondary N) is 1. The minimum atomic E-state index is -0.276. The first-order valence-electron chi connectivity index (χ1n) is 6.12. The van der Waals surface area contributed by atoms with Crippen LogP contribution in [0, 0.1) is 5.92 Å². The van der Waals surface area contributed by atoms with Crippen LogP contribution in [0.5, 0.6) is 0 Å². The molecule has 3 nitrogen and oxygen atoms in total. The van der Waals surface area contributed by atoms with Crippen molar-refractivity contribution in [3.63, 3.8) is 0 Å². The lowest BCUT2D eigenvalue weighted by Crippen LogP contribution is -2.31. The van der Waals surface area contributed by atoms with Crippen LogP contribution in [0.4, 0.5) is 0 Å². The van der Waals surface area contributed by atoms with E-state index in [0.29, 0.717) is 11.6 Å². The van der Waals surface area contributed by atoms with E-state index in [0.717, 1.165) is 12.5 Å². The molecule has 1 N–H and O–H groups in total. The van der Waals surface area contributed by atoms with Crippen LogP contribution < -0.4 is 5.32 Å². The molecule has 0 saturated carbocycles. The Bertz CT molecular complexity index is 378. The van der Waals surface area contributed by atoms with Crippen molar-refractivity contribution in [2.45, 2.75) is 25.8 Å². The van der Waals surface area contributed by atoms with Crippen LogP contribution in [0.3, 0.4) is 0 Å². The van der Waals surface area contributed by atoms with Gasteiger partial charge in [-0.15, -0.1) is 0 Å². The Morgan fingerprint density at radius 2 is 2.00 bits per heavy atom. The summed E-state index contributed by atoms with van der Waals surface area (Å²) in [5, 5.41) is 3.53.